The first-order chi connectivity index (χ1) is 16.0. The summed E-state index contributed by atoms with van der Waals surface area (Å²) in [6, 6.07) is 14.6. The summed E-state index contributed by atoms with van der Waals surface area (Å²) >= 11 is 0. The molecule has 0 bridgehead atoms. The second-order valence-corrected chi connectivity index (χ2v) is 8.48. The molecule has 34 heavy (non-hydrogen) atoms. The third-order valence-electron chi connectivity index (χ3n) is 4.86. The predicted octanol–water partition coefficient (Wildman–Crippen LogP) is 4.89. The summed E-state index contributed by atoms with van der Waals surface area (Å²) in [6.45, 7) is 1.67. The number of carbonyl (C=O) groups excluding carboxylic acids is 2. The summed E-state index contributed by atoms with van der Waals surface area (Å²) in [7, 11) is -4.66. The highest BCUT2D eigenvalue weighted by atomic mass is 32.2. The zero-order valence-electron chi connectivity index (χ0n) is 17.9. The number of benzene rings is 3. The molecule has 11 heteroatoms. The Bertz CT molecular complexity index is 1380. The van der Waals surface area contributed by atoms with E-state index < -0.39 is 27.1 Å². The Morgan fingerprint density at radius 3 is 2.18 bits per heavy atom. The van der Waals surface area contributed by atoms with Gasteiger partial charge in [-0.2, -0.15) is 21.6 Å². The van der Waals surface area contributed by atoms with E-state index >= 15 is 0 Å². The fraction of sp³-hybridized carbons (Fsp3) is 0.174. The number of hydrogen-bond acceptors (Lipinski definition) is 7. The molecule has 3 aromatic carbocycles. The standard InChI is InChI=1S/C23H18F3NO6S/c1-3-20(28)17-11-12-18(16-10-9-15(32-2)13-19(16)17)22(29)21(14-7-5-4-6-8-14)27-33-34(30,31)23(24,25)26/h4-13H,3H2,1-2H3/b27-21+. The third kappa shape index (κ3) is 4.93. The van der Waals surface area contributed by atoms with Gasteiger partial charge in [0.15, 0.2) is 11.5 Å². The van der Waals surface area contributed by atoms with Crippen LogP contribution in [0.25, 0.3) is 10.8 Å². The van der Waals surface area contributed by atoms with Crippen molar-refractivity contribution < 1.29 is 40.2 Å². The summed E-state index contributed by atoms with van der Waals surface area (Å²) in [4.78, 5) is 25.9. The average Bonchev–Trinajstić information content (AvgIpc) is 2.82. The first-order valence-electron chi connectivity index (χ1n) is 9.82. The van der Waals surface area contributed by atoms with Crippen LogP contribution in [-0.4, -0.2) is 38.3 Å². The number of halogens is 3. The Morgan fingerprint density at radius 2 is 1.59 bits per heavy atom. The fourth-order valence-corrected chi connectivity index (χ4v) is 3.42. The highest BCUT2D eigenvalue weighted by molar-refractivity contribution is 7.87. The van der Waals surface area contributed by atoms with Gasteiger partial charge in [-0.25, -0.2) is 0 Å². The number of fused-ring (bicyclic) bond motifs is 1. The molecule has 7 nitrogen and oxygen atoms in total. The van der Waals surface area contributed by atoms with Crippen LogP contribution in [0, 0.1) is 0 Å². The number of ether oxygens (including phenoxy) is 1. The summed E-state index contributed by atoms with van der Waals surface area (Å²) in [5.74, 6) is -0.693. The maximum Gasteiger partial charge on any atom is 0.536 e. The van der Waals surface area contributed by atoms with Crippen molar-refractivity contribution >= 4 is 38.2 Å². The lowest BCUT2D eigenvalue weighted by atomic mass is 9.92. The van der Waals surface area contributed by atoms with E-state index in [1.807, 2.05) is 0 Å². The molecule has 0 heterocycles. The topological polar surface area (TPSA) is 99.1 Å². The smallest absolute Gasteiger partial charge is 0.497 e. The lowest BCUT2D eigenvalue weighted by Crippen LogP contribution is -2.25. The van der Waals surface area contributed by atoms with Crippen LogP contribution in [-0.2, 0) is 14.4 Å². The van der Waals surface area contributed by atoms with Crippen molar-refractivity contribution in [1.82, 2.24) is 0 Å². The molecule has 178 valence electrons. The van der Waals surface area contributed by atoms with Gasteiger partial charge in [-0.15, -0.1) is 0 Å². The van der Waals surface area contributed by atoms with Crippen molar-refractivity contribution in [2.75, 3.05) is 7.11 Å². The van der Waals surface area contributed by atoms with E-state index in [0.717, 1.165) is 0 Å². The largest absolute Gasteiger partial charge is 0.536 e. The molecule has 0 unspecified atom stereocenters. The molecular formula is C23H18F3NO6S. The van der Waals surface area contributed by atoms with Gasteiger partial charge in [-0.1, -0.05) is 48.5 Å². The molecule has 0 amide bonds. The molecule has 0 spiro atoms. The van der Waals surface area contributed by atoms with Crippen molar-refractivity contribution in [2.45, 2.75) is 18.9 Å². The Kier molecular flexibility index (Phi) is 7.06. The van der Waals surface area contributed by atoms with Crippen LogP contribution >= 0.6 is 0 Å². The maximum absolute atomic E-state index is 13.4. The Balaban J connectivity index is 2.21. The number of ketones is 2. The maximum atomic E-state index is 13.4. The quantitative estimate of drug-likeness (QED) is 0.192. The molecule has 0 aliphatic rings. The zero-order valence-corrected chi connectivity index (χ0v) is 18.7. The van der Waals surface area contributed by atoms with Gasteiger partial charge in [0.25, 0.3) is 0 Å². The molecule has 0 radical (unpaired) electrons. The monoisotopic (exact) mass is 493 g/mol. The Morgan fingerprint density at radius 1 is 0.941 bits per heavy atom. The second-order valence-electron chi connectivity index (χ2n) is 6.96. The minimum atomic E-state index is -6.09. The van der Waals surface area contributed by atoms with Crippen LogP contribution in [0.2, 0.25) is 0 Å². The van der Waals surface area contributed by atoms with Crippen molar-refractivity contribution in [2.24, 2.45) is 5.16 Å². The van der Waals surface area contributed by atoms with Crippen LogP contribution in [0.1, 0.15) is 39.6 Å². The summed E-state index contributed by atoms with van der Waals surface area (Å²) in [5.41, 5.74) is -6.07. The third-order valence-corrected chi connectivity index (χ3v) is 5.70. The normalized spacial score (nSPS) is 12.4. The van der Waals surface area contributed by atoms with Crippen LogP contribution in [0.15, 0.2) is 65.8 Å². The van der Waals surface area contributed by atoms with Crippen molar-refractivity contribution in [3.05, 3.63) is 77.4 Å². The van der Waals surface area contributed by atoms with E-state index in [9.17, 15) is 31.2 Å². The average molecular weight is 493 g/mol. The Labute approximate surface area is 192 Å². The Hall–Kier alpha value is -3.73. The summed E-state index contributed by atoms with van der Waals surface area (Å²) in [5, 5.41) is 3.77. The van der Waals surface area contributed by atoms with Crippen LogP contribution in [0.5, 0.6) is 5.75 Å². The van der Waals surface area contributed by atoms with E-state index in [1.165, 1.54) is 49.6 Å². The lowest BCUT2D eigenvalue weighted by Gasteiger charge is -2.13. The highest BCUT2D eigenvalue weighted by Gasteiger charge is 2.49. The van der Waals surface area contributed by atoms with Gasteiger partial charge in [-0.3, -0.25) is 13.9 Å². The molecular weight excluding hydrogens is 475 g/mol. The number of Topliss-reactive ketones (excluding diaryl/α,β-unsaturated/α-hetero) is 2. The molecule has 0 aliphatic heterocycles. The van der Waals surface area contributed by atoms with Crippen molar-refractivity contribution in [1.29, 1.82) is 0 Å². The number of nitrogens with zero attached hydrogens (tertiary/aromatic N) is 1. The predicted molar refractivity (Wildman–Crippen MR) is 118 cm³/mol. The molecule has 0 aromatic heterocycles. The van der Waals surface area contributed by atoms with E-state index in [1.54, 1.807) is 25.1 Å². The zero-order chi connectivity index (χ0) is 25.1. The number of methoxy groups -OCH3 is 1. The fourth-order valence-electron chi connectivity index (χ4n) is 3.16. The van der Waals surface area contributed by atoms with Gasteiger partial charge < -0.3 is 4.74 Å². The molecule has 0 atom stereocenters. The van der Waals surface area contributed by atoms with Gasteiger partial charge in [0.05, 0.1) is 7.11 Å². The van der Waals surface area contributed by atoms with Gasteiger partial charge in [0, 0.05) is 23.1 Å². The van der Waals surface area contributed by atoms with Crippen molar-refractivity contribution in [3.63, 3.8) is 0 Å². The van der Waals surface area contributed by atoms with Gasteiger partial charge >= 0.3 is 15.6 Å². The molecule has 3 aromatic rings. The number of oxime groups is 1. The molecule has 0 saturated carbocycles. The number of alkyl halides is 3. The molecule has 0 aliphatic carbocycles. The molecule has 0 fully saturated rings. The van der Waals surface area contributed by atoms with Gasteiger partial charge in [0.2, 0.25) is 5.78 Å². The number of rotatable bonds is 8. The number of hydrogen-bond donors (Lipinski definition) is 0. The summed E-state index contributed by atoms with van der Waals surface area (Å²) in [6.07, 6.45) is 0.194. The van der Waals surface area contributed by atoms with Crippen molar-refractivity contribution in [3.8, 4) is 5.75 Å². The van der Waals surface area contributed by atoms with Crippen LogP contribution in [0.3, 0.4) is 0 Å². The highest BCUT2D eigenvalue weighted by Crippen LogP contribution is 2.30. The van der Waals surface area contributed by atoms with E-state index in [4.69, 9.17) is 4.74 Å². The molecule has 0 N–H and O–H groups in total. The molecule has 0 saturated heterocycles. The number of carbonyl (C=O) groups is 2. The minimum absolute atomic E-state index is 0.0269. The summed E-state index contributed by atoms with van der Waals surface area (Å²) < 4.78 is 70.0. The first-order valence-corrected chi connectivity index (χ1v) is 11.2. The van der Waals surface area contributed by atoms with E-state index in [2.05, 4.69) is 9.44 Å². The van der Waals surface area contributed by atoms with Crippen LogP contribution < -0.4 is 4.74 Å². The van der Waals surface area contributed by atoms with Crippen LogP contribution in [0.4, 0.5) is 13.2 Å². The van der Waals surface area contributed by atoms with Gasteiger partial charge in [0.1, 0.15) is 5.75 Å². The van der Waals surface area contributed by atoms with E-state index in [0.29, 0.717) is 22.1 Å². The first kappa shape index (κ1) is 24.9. The van der Waals surface area contributed by atoms with E-state index in [-0.39, 0.29) is 23.3 Å². The second kappa shape index (κ2) is 9.64. The minimum Gasteiger partial charge on any atom is -0.497 e. The lowest BCUT2D eigenvalue weighted by molar-refractivity contribution is -0.0541. The SMILES string of the molecule is CCC(=O)c1ccc(C(=O)/C(=N/OS(=O)(=O)C(F)(F)F)c2ccccc2)c2ccc(OC)cc12. The van der Waals surface area contributed by atoms with Gasteiger partial charge in [-0.05, 0) is 35.0 Å². The molecule has 3 rings (SSSR count).